The molecule has 0 unspecified atom stereocenters. The normalized spacial score (nSPS) is 11.4. The summed E-state index contributed by atoms with van der Waals surface area (Å²) in [5.41, 5.74) is 2.25. The van der Waals surface area contributed by atoms with Gasteiger partial charge in [0, 0.05) is 24.3 Å². The monoisotopic (exact) mass is 440 g/mol. The Labute approximate surface area is 169 Å². The molecular weight excluding hydrogens is 416 g/mol. The molecule has 1 N–H and O–H groups in total. The highest BCUT2D eigenvalue weighted by molar-refractivity contribution is 9.10. The van der Waals surface area contributed by atoms with Gasteiger partial charge in [0.05, 0.1) is 17.7 Å². The van der Waals surface area contributed by atoms with Gasteiger partial charge < -0.3 is 14.6 Å². The van der Waals surface area contributed by atoms with Gasteiger partial charge in [-0.3, -0.25) is 0 Å². The zero-order valence-corrected chi connectivity index (χ0v) is 17.6. The molecule has 0 aliphatic heterocycles. The summed E-state index contributed by atoms with van der Waals surface area (Å²) in [5, 5.41) is 8.82. The zero-order valence-electron chi connectivity index (χ0n) is 15.3. The van der Waals surface area contributed by atoms with Gasteiger partial charge in [-0.05, 0) is 57.7 Å². The molecule has 0 saturated heterocycles. The van der Waals surface area contributed by atoms with Crippen LogP contribution in [0, 0.1) is 0 Å². The van der Waals surface area contributed by atoms with Crippen LogP contribution in [-0.2, 0) is 5.41 Å². The topological polar surface area (TPSA) is 38.7 Å². The Morgan fingerprint density at radius 1 is 0.962 bits per heavy atom. The first-order valence-electron chi connectivity index (χ1n) is 8.82. The highest BCUT2D eigenvalue weighted by Gasteiger charge is 2.24. The average molecular weight is 442 g/mol. The fraction of sp³-hybridized carbons (Fsp3) is 0.429. The number of hydrogen-bond donors (Lipinski definition) is 1. The summed E-state index contributed by atoms with van der Waals surface area (Å²) in [5.74, 6) is 2.26. The van der Waals surface area contributed by atoms with Crippen LogP contribution in [0.25, 0.3) is 0 Å². The second-order valence-electron chi connectivity index (χ2n) is 6.61. The van der Waals surface area contributed by atoms with E-state index in [9.17, 15) is 0 Å². The van der Waals surface area contributed by atoms with E-state index in [1.54, 1.807) is 0 Å². The van der Waals surface area contributed by atoms with Crippen LogP contribution in [0.5, 0.6) is 11.5 Å². The number of alkyl halides is 1. The average Bonchev–Trinajstić information content (AvgIpc) is 2.64. The van der Waals surface area contributed by atoms with Crippen LogP contribution in [0.2, 0.25) is 0 Å². The molecule has 0 radical (unpaired) electrons. The molecule has 0 atom stereocenters. The van der Waals surface area contributed by atoms with E-state index in [1.807, 2.05) is 18.2 Å². The number of aliphatic hydroxyl groups excluding tert-OH is 1. The fourth-order valence-corrected chi connectivity index (χ4v) is 3.23. The van der Waals surface area contributed by atoms with Gasteiger partial charge in [0.1, 0.15) is 11.5 Å². The summed E-state index contributed by atoms with van der Waals surface area (Å²) < 4.78 is 12.3. The summed E-state index contributed by atoms with van der Waals surface area (Å²) in [6.45, 7) is 5.68. The van der Waals surface area contributed by atoms with Crippen LogP contribution in [0.4, 0.5) is 0 Å². The lowest BCUT2D eigenvalue weighted by molar-refractivity contribution is 0.233. The van der Waals surface area contributed by atoms with Gasteiger partial charge in [-0.15, -0.1) is 11.6 Å². The first kappa shape index (κ1) is 21.1. The minimum absolute atomic E-state index is 0.144. The molecule has 3 nitrogen and oxygen atoms in total. The maximum absolute atomic E-state index is 8.82. The molecule has 2 aromatic rings. The number of aliphatic hydroxyl groups is 1. The molecule has 0 aliphatic carbocycles. The van der Waals surface area contributed by atoms with E-state index in [0.29, 0.717) is 25.5 Å². The van der Waals surface area contributed by atoms with E-state index in [4.69, 9.17) is 26.2 Å². The van der Waals surface area contributed by atoms with Gasteiger partial charge in [-0.25, -0.2) is 0 Å². The summed E-state index contributed by atoms with van der Waals surface area (Å²) in [6.07, 6.45) is 1.47. The van der Waals surface area contributed by atoms with Gasteiger partial charge in [-0.2, -0.15) is 0 Å². The third-order valence-electron chi connectivity index (χ3n) is 4.34. The zero-order chi connectivity index (χ0) is 19.0. The van der Waals surface area contributed by atoms with E-state index >= 15 is 0 Å². The van der Waals surface area contributed by atoms with Crippen molar-refractivity contribution in [2.45, 2.75) is 32.1 Å². The molecule has 0 amide bonds. The molecular formula is C21H26BrClO3. The summed E-state index contributed by atoms with van der Waals surface area (Å²) >= 11 is 9.31. The third kappa shape index (κ3) is 5.63. The predicted octanol–water partition coefficient (Wildman–Crippen LogP) is 5.54. The standard InChI is InChI=1S/C21H26BrClO3/c1-21(2,16-5-8-18(9-6-16)25-14-4-12-24)17-7-10-20(19(22)15-17)26-13-3-11-23/h5-10,15,24H,3-4,11-14H2,1-2H3. The van der Waals surface area contributed by atoms with Crippen molar-refractivity contribution in [3.8, 4) is 11.5 Å². The van der Waals surface area contributed by atoms with Gasteiger partial charge in [0.15, 0.2) is 0 Å². The number of benzene rings is 2. The van der Waals surface area contributed by atoms with E-state index in [-0.39, 0.29) is 12.0 Å². The maximum atomic E-state index is 8.82. The lowest BCUT2D eigenvalue weighted by atomic mass is 9.78. The Balaban J connectivity index is 2.12. The first-order valence-corrected chi connectivity index (χ1v) is 10.1. The fourth-order valence-electron chi connectivity index (χ4n) is 2.63. The third-order valence-corrected chi connectivity index (χ3v) is 5.22. The minimum Gasteiger partial charge on any atom is -0.494 e. The molecule has 0 fully saturated rings. The summed E-state index contributed by atoms with van der Waals surface area (Å²) in [6, 6.07) is 14.4. The Kier molecular flexibility index (Phi) is 8.26. The Hall–Kier alpha value is -1.23. The Morgan fingerprint density at radius 2 is 1.62 bits per heavy atom. The summed E-state index contributed by atoms with van der Waals surface area (Å²) in [4.78, 5) is 0. The maximum Gasteiger partial charge on any atom is 0.133 e. The van der Waals surface area contributed by atoms with E-state index in [0.717, 1.165) is 22.4 Å². The number of halogens is 2. The predicted molar refractivity (Wildman–Crippen MR) is 111 cm³/mol. The molecule has 0 heterocycles. The van der Waals surface area contributed by atoms with Crippen molar-refractivity contribution >= 4 is 27.5 Å². The number of ether oxygens (including phenoxy) is 2. The largest absolute Gasteiger partial charge is 0.494 e. The summed E-state index contributed by atoms with van der Waals surface area (Å²) in [7, 11) is 0. The van der Waals surface area contributed by atoms with Crippen molar-refractivity contribution in [3.63, 3.8) is 0 Å². The van der Waals surface area contributed by atoms with E-state index < -0.39 is 0 Å². The van der Waals surface area contributed by atoms with Crippen LogP contribution in [0.15, 0.2) is 46.9 Å². The van der Waals surface area contributed by atoms with Crippen molar-refractivity contribution in [3.05, 3.63) is 58.1 Å². The molecule has 2 aromatic carbocycles. The molecule has 0 aromatic heterocycles. The molecule has 0 saturated carbocycles. The van der Waals surface area contributed by atoms with Crippen LogP contribution in [0.3, 0.4) is 0 Å². The van der Waals surface area contributed by atoms with Crippen molar-refractivity contribution < 1.29 is 14.6 Å². The van der Waals surface area contributed by atoms with E-state index in [1.165, 1.54) is 11.1 Å². The van der Waals surface area contributed by atoms with Crippen molar-refractivity contribution in [2.24, 2.45) is 0 Å². The second-order valence-corrected chi connectivity index (χ2v) is 7.84. The molecule has 142 valence electrons. The Bertz CT molecular complexity index is 686. The lowest BCUT2D eigenvalue weighted by Gasteiger charge is -2.27. The second kappa shape index (κ2) is 10.2. The van der Waals surface area contributed by atoms with Gasteiger partial charge in [-0.1, -0.05) is 32.0 Å². The van der Waals surface area contributed by atoms with Gasteiger partial charge in [0.25, 0.3) is 0 Å². The minimum atomic E-state index is -0.152. The van der Waals surface area contributed by atoms with Crippen molar-refractivity contribution in [1.82, 2.24) is 0 Å². The molecule has 0 spiro atoms. The van der Waals surface area contributed by atoms with Gasteiger partial charge >= 0.3 is 0 Å². The molecule has 0 aliphatic rings. The molecule has 0 bridgehead atoms. The number of hydrogen-bond acceptors (Lipinski definition) is 3. The highest BCUT2D eigenvalue weighted by atomic mass is 79.9. The van der Waals surface area contributed by atoms with Crippen LogP contribution in [-0.4, -0.2) is 30.8 Å². The van der Waals surface area contributed by atoms with Crippen LogP contribution in [0.1, 0.15) is 37.8 Å². The van der Waals surface area contributed by atoms with Gasteiger partial charge in [0.2, 0.25) is 0 Å². The molecule has 2 rings (SSSR count). The number of rotatable bonds is 10. The lowest BCUT2D eigenvalue weighted by Crippen LogP contribution is -2.19. The first-order chi connectivity index (χ1) is 12.5. The molecule has 26 heavy (non-hydrogen) atoms. The Morgan fingerprint density at radius 3 is 2.23 bits per heavy atom. The highest BCUT2D eigenvalue weighted by Crippen LogP contribution is 2.36. The molecule has 5 heteroatoms. The van der Waals surface area contributed by atoms with E-state index in [2.05, 4.69) is 54.0 Å². The van der Waals surface area contributed by atoms with Crippen LogP contribution < -0.4 is 9.47 Å². The quantitative estimate of drug-likeness (QED) is 0.388. The smallest absolute Gasteiger partial charge is 0.133 e. The SMILES string of the molecule is CC(C)(c1ccc(OCCCO)cc1)c1ccc(OCCCCl)c(Br)c1. The van der Waals surface area contributed by atoms with Crippen molar-refractivity contribution in [2.75, 3.05) is 25.7 Å². The van der Waals surface area contributed by atoms with Crippen molar-refractivity contribution in [1.29, 1.82) is 0 Å². The van der Waals surface area contributed by atoms with Crippen LogP contribution >= 0.6 is 27.5 Å².